The Labute approximate surface area is 110 Å². The van der Waals surface area contributed by atoms with Crippen LogP contribution in [0, 0.1) is 5.92 Å². The number of hydrogen-bond acceptors (Lipinski definition) is 3. The van der Waals surface area contributed by atoms with Crippen LogP contribution < -0.4 is 16.0 Å². The fourth-order valence-corrected chi connectivity index (χ4v) is 1.44. The second kappa shape index (κ2) is 7.98. The van der Waals surface area contributed by atoms with E-state index in [1.165, 1.54) is 7.05 Å². The average Bonchev–Trinajstić information content (AvgIpc) is 2.24. The van der Waals surface area contributed by atoms with Crippen LogP contribution in [0.3, 0.4) is 0 Å². The van der Waals surface area contributed by atoms with Gasteiger partial charge in [-0.3, -0.25) is 9.59 Å². The van der Waals surface area contributed by atoms with Crippen LogP contribution in [-0.4, -0.2) is 44.2 Å². The molecule has 0 heterocycles. The third-order valence-electron chi connectivity index (χ3n) is 2.22. The van der Waals surface area contributed by atoms with Crippen molar-refractivity contribution in [3.05, 3.63) is 0 Å². The van der Waals surface area contributed by atoms with Gasteiger partial charge in [0.1, 0.15) is 6.04 Å². The lowest BCUT2D eigenvalue weighted by atomic mass is 10.0. The molecule has 0 spiro atoms. The molecular weight excluding hydrogens is 263 g/mol. The number of alkyl halides is 3. The van der Waals surface area contributed by atoms with E-state index in [0.717, 1.165) is 0 Å². The minimum absolute atomic E-state index is 0.172. The summed E-state index contributed by atoms with van der Waals surface area (Å²) in [5.41, 5.74) is 0. The lowest BCUT2D eigenvalue weighted by Crippen LogP contribution is -2.49. The van der Waals surface area contributed by atoms with Crippen LogP contribution in [0.15, 0.2) is 0 Å². The van der Waals surface area contributed by atoms with Crippen molar-refractivity contribution in [1.29, 1.82) is 0 Å². The summed E-state index contributed by atoms with van der Waals surface area (Å²) in [5, 5.41) is 6.78. The number of halogens is 3. The van der Waals surface area contributed by atoms with E-state index in [0.29, 0.717) is 6.42 Å². The molecule has 0 aliphatic heterocycles. The van der Waals surface area contributed by atoms with Crippen molar-refractivity contribution in [3.63, 3.8) is 0 Å². The Balaban J connectivity index is 4.20. The molecule has 3 N–H and O–H groups in total. The van der Waals surface area contributed by atoms with E-state index in [9.17, 15) is 22.8 Å². The molecular formula is C11H20F3N3O2. The Morgan fingerprint density at radius 1 is 1.21 bits per heavy atom. The second-order valence-electron chi connectivity index (χ2n) is 4.58. The number of likely N-dealkylation sites (N-methyl/N-ethyl adjacent to an activating group) is 1. The van der Waals surface area contributed by atoms with Crippen LogP contribution in [0.1, 0.15) is 20.3 Å². The third-order valence-corrected chi connectivity index (χ3v) is 2.22. The lowest BCUT2D eigenvalue weighted by molar-refractivity contribution is -0.131. The highest BCUT2D eigenvalue weighted by Crippen LogP contribution is 2.11. The molecule has 1 atom stereocenters. The average molecular weight is 283 g/mol. The van der Waals surface area contributed by atoms with Crippen LogP contribution in [0.4, 0.5) is 13.2 Å². The van der Waals surface area contributed by atoms with Crippen molar-refractivity contribution in [2.24, 2.45) is 5.92 Å². The monoisotopic (exact) mass is 283 g/mol. The highest BCUT2D eigenvalue weighted by molar-refractivity contribution is 5.88. The molecule has 0 bridgehead atoms. The van der Waals surface area contributed by atoms with Gasteiger partial charge in [0.15, 0.2) is 0 Å². The number of hydrogen-bond donors (Lipinski definition) is 3. The first kappa shape index (κ1) is 17.7. The smallest absolute Gasteiger partial charge is 0.357 e. The molecule has 112 valence electrons. The van der Waals surface area contributed by atoms with E-state index >= 15 is 0 Å². The van der Waals surface area contributed by atoms with Crippen molar-refractivity contribution < 1.29 is 22.8 Å². The summed E-state index contributed by atoms with van der Waals surface area (Å²) in [6.07, 6.45) is -3.94. The molecule has 0 aromatic heterocycles. The van der Waals surface area contributed by atoms with Crippen molar-refractivity contribution in [3.8, 4) is 0 Å². The second-order valence-corrected chi connectivity index (χ2v) is 4.58. The van der Waals surface area contributed by atoms with Crippen LogP contribution in [0.25, 0.3) is 0 Å². The van der Waals surface area contributed by atoms with Gasteiger partial charge in [-0.05, 0) is 12.3 Å². The van der Waals surface area contributed by atoms with E-state index < -0.39 is 31.2 Å². The van der Waals surface area contributed by atoms with Gasteiger partial charge in [-0.2, -0.15) is 13.2 Å². The SMILES string of the molecule is CNC(=O)C(CC(C)C)NC(=O)CNCC(F)(F)F. The van der Waals surface area contributed by atoms with Crippen molar-refractivity contribution in [2.45, 2.75) is 32.5 Å². The van der Waals surface area contributed by atoms with Gasteiger partial charge in [0, 0.05) is 7.05 Å². The predicted molar refractivity (Wildman–Crippen MR) is 64.4 cm³/mol. The fraction of sp³-hybridized carbons (Fsp3) is 0.818. The maximum atomic E-state index is 11.9. The largest absolute Gasteiger partial charge is 0.401 e. The third kappa shape index (κ3) is 9.29. The molecule has 0 aliphatic carbocycles. The molecule has 8 heteroatoms. The molecule has 5 nitrogen and oxygen atoms in total. The molecule has 19 heavy (non-hydrogen) atoms. The highest BCUT2D eigenvalue weighted by atomic mass is 19.4. The topological polar surface area (TPSA) is 70.2 Å². The van der Waals surface area contributed by atoms with E-state index in [-0.39, 0.29) is 11.8 Å². The van der Waals surface area contributed by atoms with E-state index in [4.69, 9.17) is 0 Å². The van der Waals surface area contributed by atoms with Crippen molar-refractivity contribution >= 4 is 11.8 Å². The highest BCUT2D eigenvalue weighted by Gasteiger charge is 2.27. The molecule has 0 aromatic carbocycles. The van der Waals surface area contributed by atoms with Gasteiger partial charge in [0.2, 0.25) is 11.8 Å². The van der Waals surface area contributed by atoms with Gasteiger partial charge < -0.3 is 16.0 Å². The standard InChI is InChI=1S/C11H20F3N3O2/c1-7(2)4-8(10(19)15-3)17-9(18)5-16-6-11(12,13)14/h7-8,16H,4-6H2,1-3H3,(H,15,19)(H,17,18). The van der Waals surface area contributed by atoms with Crippen LogP contribution >= 0.6 is 0 Å². The van der Waals surface area contributed by atoms with Crippen LogP contribution in [0.2, 0.25) is 0 Å². The van der Waals surface area contributed by atoms with Gasteiger partial charge in [0.05, 0.1) is 13.1 Å². The number of nitrogens with one attached hydrogen (secondary N) is 3. The Kier molecular flexibility index (Phi) is 7.43. The fourth-order valence-electron chi connectivity index (χ4n) is 1.44. The molecule has 1 unspecified atom stereocenters. The zero-order valence-electron chi connectivity index (χ0n) is 11.2. The predicted octanol–water partition coefficient (Wildman–Crippen LogP) is 0.415. The summed E-state index contributed by atoms with van der Waals surface area (Å²) in [6.45, 7) is 2.04. The zero-order valence-corrected chi connectivity index (χ0v) is 11.2. The molecule has 0 radical (unpaired) electrons. The summed E-state index contributed by atoms with van der Waals surface area (Å²) >= 11 is 0. The molecule has 0 saturated carbocycles. The summed E-state index contributed by atoms with van der Waals surface area (Å²) < 4.78 is 35.6. The zero-order chi connectivity index (χ0) is 15.1. The van der Waals surface area contributed by atoms with Gasteiger partial charge in [-0.1, -0.05) is 13.8 Å². The Morgan fingerprint density at radius 2 is 1.79 bits per heavy atom. The number of carbonyl (C=O) groups excluding carboxylic acids is 2. The molecule has 0 fully saturated rings. The molecule has 0 saturated heterocycles. The first-order valence-corrected chi connectivity index (χ1v) is 5.94. The summed E-state index contributed by atoms with van der Waals surface area (Å²) in [5.74, 6) is -0.831. The Bertz CT molecular complexity index is 306. The summed E-state index contributed by atoms with van der Waals surface area (Å²) in [7, 11) is 1.43. The van der Waals surface area contributed by atoms with Gasteiger partial charge in [-0.15, -0.1) is 0 Å². The molecule has 0 aromatic rings. The van der Waals surface area contributed by atoms with Gasteiger partial charge in [0.25, 0.3) is 0 Å². The maximum absolute atomic E-state index is 11.9. The van der Waals surface area contributed by atoms with Crippen molar-refractivity contribution in [2.75, 3.05) is 20.1 Å². The van der Waals surface area contributed by atoms with E-state index in [1.54, 1.807) is 0 Å². The van der Waals surface area contributed by atoms with Gasteiger partial charge >= 0.3 is 6.18 Å². The maximum Gasteiger partial charge on any atom is 0.401 e. The number of rotatable bonds is 7. The summed E-state index contributed by atoms with van der Waals surface area (Å²) in [6, 6.07) is -0.731. The van der Waals surface area contributed by atoms with E-state index in [2.05, 4.69) is 10.6 Å². The van der Waals surface area contributed by atoms with Crippen LogP contribution in [-0.2, 0) is 9.59 Å². The first-order valence-electron chi connectivity index (χ1n) is 5.94. The normalized spacial score (nSPS) is 13.2. The number of carbonyl (C=O) groups is 2. The minimum Gasteiger partial charge on any atom is -0.357 e. The first-order chi connectivity index (χ1) is 8.65. The quantitative estimate of drug-likeness (QED) is 0.634. The van der Waals surface area contributed by atoms with Crippen LogP contribution in [0.5, 0.6) is 0 Å². The molecule has 0 aliphatic rings. The molecule has 2 amide bonds. The van der Waals surface area contributed by atoms with E-state index in [1.807, 2.05) is 19.2 Å². The Hall–Kier alpha value is -1.31. The van der Waals surface area contributed by atoms with Gasteiger partial charge in [-0.25, -0.2) is 0 Å². The van der Waals surface area contributed by atoms with Crippen molar-refractivity contribution in [1.82, 2.24) is 16.0 Å². The lowest BCUT2D eigenvalue weighted by Gasteiger charge is -2.19. The Morgan fingerprint density at radius 3 is 2.21 bits per heavy atom. The summed E-state index contributed by atoms with van der Waals surface area (Å²) in [4.78, 5) is 22.9. The minimum atomic E-state index is -4.36. The number of amides is 2. The molecule has 0 rings (SSSR count).